The minimum absolute atomic E-state index is 0.218. The summed E-state index contributed by atoms with van der Waals surface area (Å²) in [5.41, 5.74) is 0. The van der Waals surface area contributed by atoms with Gasteiger partial charge in [0.05, 0.1) is 6.10 Å². The molecule has 35 valence electrons. The average Bonchev–Trinajstić information content (AvgIpc) is 2.21. The van der Waals surface area contributed by atoms with Crippen molar-refractivity contribution < 1.29 is 9.13 Å². The summed E-state index contributed by atoms with van der Waals surface area (Å²) in [6.45, 7) is 0.262. The Morgan fingerprint density at radius 1 is 1.67 bits per heavy atom. The Morgan fingerprint density at radius 2 is 2.33 bits per heavy atom. The van der Waals surface area contributed by atoms with Gasteiger partial charge in [0.15, 0.2) is 0 Å². The molecule has 0 aromatic rings. The van der Waals surface area contributed by atoms with Gasteiger partial charge in [-0.25, -0.2) is 4.39 Å². The Morgan fingerprint density at radius 3 is 2.50 bits per heavy atom. The molecule has 0 aromatic heterocycles. The van der Waals surface area contributed by atoms with Crippen molar-refractivity contribution in [1.29, 1.82) is 0 Å². The molecule has 0 aliphatic heterocycles. The van der Waals surface area contributed by atoms with Crippen LogP contribution in [0.2, 0.25) is 0 Å². The van der Waals surface area contributed by atoms with Crippen LogP contribution in [0.5, 0.6) is 0 Å². The quantitative estimate of drug-likeness (QED) is 0.494. The molecule has 1 rings (SSSR count). The molecule has 0 spiro atoms. The van der Waals surface area contributed by atoms with E-state index in [1.54, 1.807) is 0 Å². The van der Waals surface area contributed by atoms with Gasteiger partial charge in [-0.05, 0) is 12.8 Å². The molecular weight excluding hydrogens is 83.0 g/mol. The van der Waals surface area contributed by atoms with Crippen LogP contribution in [0.15, 0.2) is 0 Å². The second-order valence-corrected chi connectivity index (χ2v) is 1.42. The van der Waals surface area contributed by atoms with Crippen molar-refractivity contribution in [2.24, 2.45) is 0 Å². The Labute approximate surface area is 36.1 Å². The molecule has 1 aliphatic rings. The molecule has 0 heterocycles. The predicted octanol–water partition coefficient (Wildman–Crippen LogP) is 1.25. The number of hydrogen-bond donors (Lipinski definition) is 0. The van der Waals surface area contributed by atoms with E-state index in [2.05, 4.69) is 4.74 Å². The lowest BCUT2D eigenvalue weighted by atomic mass is 10.8. The molecular formula is C4H6FO. The second-order valence-electron chi connectivity index (χ2n) is 1.42. The average molecular weight is 89.1 g/mol. The van der Waals surface area contributed by atoms with E-state index in [1.165, 1.54) is 0 Å². The monoisotopic (exact) mass is 89.0 g/mol. The molecule has 1 fully saturated rings. The summed E-state index contributed by atoms with van der Waals surface area (Å²) in [5, 5.41) is 0. The van der Waals surface area contributed by atoms with E-state index in [0.717, 1.165) is 12.8 Å². The van der Waals surface area contributed by atoms with Gasteiger partial charge in [0.25, 0.3) is 6.86 Å². The third kappa shape index (κ3) is 0.937. The zero-order valence-corrected chi connectivity index (χ0v) is 3.36. The lowest BCUT2D eigenvalue weighted by molar-refractivity contribution is 0.119. The van der Waals surface area contributed by atoms with E-state index in [1.807, 2.05) is 0 Å². The maximum atomic E-state index is 10.9. The molecule has 0 aromatic carbocycles. The fourth-order valence-electron chi connectivity index (χ4n) is 0.277. The molecule has 0 amide bonds. The SMILES string of the molecule is F[CH]OC1CC1. The van der Waals surface area contributed by atoms with Crippen molar-refractivity contribution in [3.63, 3.8) is 0 Å². The molecule has 1 nitrogen and oxygen atoms in total. The van der Waals surface area contributed by atoms with Gasteiger partial charge in [-0.1, -0.05) is 0 Å². The van der Waals surface area contributed by atoms with Crippen LogP contribution in [0.3, 0.4) is 0 Å². The highest BCUT2D eigenvalue weighted by molar-refractivity contribution is 4.73. The smallest absolute Gasteiger partial charge is 0.255 e. The van der Waals surface area contributed by atoms with Crippen LogP contribution in [-0.4, -0.2) is 6.10 Å². The van der Waals surface area contributed by atoms with Gasteiger partial charge in [0.2, 0.25) is 0 Å². The molecule has 0 unspecified atom stereocenters. The van der Waals surface area contributed by atoms with E-state index in [-0.39, 0.29) is 13.0 Å². The van der Waals surface area contributed by atoms with Crippen molar-refractivity contribution in [2.75, 3.05) is 0 Å². The maximum Gasteiger partial charge on any atom is 0.255 e. The number of halogens is 1. The van der Waals surface area contributed by atoms with Gasteiger partial charge < -0.3 is 4.74 Å². The highest BCUT2D eigenvalue weighted by Gasteiger charge is 2.21. The molecule has 1 radical (unpaired) electrons. The standard InChI is InChI=1S/C4H6FO/c5-3-6-4-1-2-4/h3-4H,1-2H2. The van der Waals surface area contributed by atoms with Gasteiger partial charge >= 0.3 is 0 Å². The Hall–Kier alpha value is -0.110. The molecule has 2 heteroatoms. The number of rotatable bonds is 2. The van der Waals surface area contributed by atoms with Crippen molar-refractivity contribution in [3.05, 3.63) is 6.86 Å². The zero-order chi connectivity index (χ0) is 4.41. The van der Waals surface area contributed by atoms with Crippen molar-refractivity contribution >= 4 is 0 Å². The van der Waals surface area contributed by atoms with Crippen LogP contribution in [-0.2, 0) is 4.74 Å². The molecule has 0 N–H and O–H groups in total. The third-order valence-corrected chi connectivity index (χ3v) is 0.768. The first kappa shape index (κ1) is 4.06. The van der Waals surface area contributed by atoms with Gasteiger partial charge in [-0.15, -0.1) is 0 Å². The van der Waals surface area contributed by atoms with Gasteiger partial charge in [-0.3, -0.25) is 0 Å². The van der Waals surface area contributed by atoms with Gasteiger partial charge in [0, 0.05) is 0 Å². The minimum Gasteiger partial charge on any atom is -0.341 e. The summed E-state index contributed by atoms with van der Waals surface area (Å²) in [7, 11) is 0. The van der Waals surface area contributed by atoms with E-state index in [4.69, 9.17) is 0 Å². The Balaban J connectivity index is 1.88. The first-order chi connectivity index (χ1) is 2.93. The maximum absolute atomic E-state index is 10.9. The van der Waals surface area contributed by atoms with Crippen molar-refractivity contribution in [1.82, 2.24) is 0 Å². The van der Waals surface area contributed by atoms with E-state index >= 15 is 0 Å². The predicted molar refractivity (Wildman–Crippen MR) is 19.5 cm³/mol. The summed E-state index contributed by atoms with van der Waals surface area (Å²) in [5.74, 6) is 0. The highest BCUT2D eigenvalue weighted by atomic mass is 19.1. The lowest BCUT2D eigenvalue weighted by Gasteiger charge is -1.85. The zero-order valence-electron chi connectivity index (χ0n) is 3.36. The minimum atomic E-state index is 0.218. The molecule has 6 heavy (non-hydrogen) atoms. The molecule has 1 saturated carbocycles. The second kappa shape index (κ2) is 1.56. The Kier molecular flexibility index (Phi) is 1.05. The lowest BCUT2D eigenvalue weighted by Crippen LogP contribution is -1.82. The van der Waals surface area contributed by atoms with Gasteiger partial charge in [-0.2, -0.15) is 0 Å². The molecule has 0 saturated heterocycles. The van der Waals surface area contributed by atoms with Crippen molar-refractivity contribution in [2.45, 2.75) is 18.9 Å². The van der Waals surface area contributed by atoms with Crippen LogP contribution in [0.1, 0.15) is 12.8 Å². The first-order valence-corrected chi connectivity index (χ1v) is 2.01. The summed E-state index contributed by atoms with van der Waals surface area (Å²) >= 11 is 0. The summed E-state index contributed by atoms with van der Waals surface area (Å²) < 4.78 is 15.3. The highest BCUT2D eigenvalue weighted by Crippen LogP contribution is 2.23. The normalized spacial score (nSPS) is 21.5. The fraction of sp³-hybridized carbons (Fsp3) is 0.750. The first-order valence-electron chi connectivity index (χ1n) is 2.01. The molecule has 0 bridgehead atoms. The van der Waals surface area contributed by atoms with Gasteiger partial charge in [0.1, 0.15) is 0 Å². The van der Waals surface area contributed by atoms with Crippen LogP contribution in [0, 0.1) is 6.86 Å². The summed E-state index contributed by atoms with van der Waals surface area (Å²) in [6, 6.07) is 0. The van der Waals surface area contributed by atoms with Crippen LogP contribution < -0.4 is 0 Å². The molecule has 0 atom stereocenters. The fourth-order valence-corrected chi connectivity index (χ4v) is 0.277. The van der Waals surface area contributed by atoms with Crippen LogP contribution in [0.4, 0.5) is 4.39 Å². The third-order valence-electron chi connectivity index (χ3n) is 0.768. The Bertz CT molecular complexity index is 42.8. The number of ether oxygens (including phenoxy) is 1. The van der Waals surface area contributed by atoms with Crippen LogP contribution >= 0.6 is 0 Å². The summed E-state index contributed by atoms with van der Waals surface area (Å²) in [6.07, 6.45) is 2.27. The van der Waals surface area contributed by atoms with E-state index < -0.39 is 0 Å². The van der Waals surface area contributed by atoms with E-state index in [0.29, 0.717) is 0 Å². The largest absolute Gasteiger partial charge is 0.341 e. The molecule has 1 aliphatic carbocycles. The van der Waals surface area contributed by atoms with Crippen LogP contribution in [0.25, 0.3) is 0 Å². The topological polar surface area (TPSA) is 9.23 Å². The van der Waals surface area contributed by atoms with E-state index in [9.17, 15) is 4.39 Å². The summed E-state index contributed by atoms with van der Waals surface area (Å²) in [4.78, 5) is 0. The van der Waals surface area contributed by atoms with Crippen molar-refractivity contribution in [3.8, 4) is 0 Å². The number of hydrogen-bond acceptors (Lipinski definition) is 1.